The second-order valence-electron chi connectivity index (χ2n) is 4.13. The Balaban J connectivity index is 2.14. The van der Waals surface area contributed by atoms with E-state index in [0.717, 1.165) is 32.3 Å². The maximum atomic E-state index is 11.5. The van der Waals surface area contributed by atoms with Gasteiger partial charge in [-0.15, -0.1) is 0 Å². The maximum Gasteiger partial charge on any atom is 0.237 e. The van der Waals surface area contributed by atoms with Crippen molar-refractivity contribution in [2.75, 3.05) is 13.2 Å². The van der Waals surface area contributed by atoms with Gasteiger partial charge in [-0.05, 0) is 25.7 Å². The summed E-state index contributed by atoms with van der Waals surface area (Å²) in [6, 6.07) is -0.362. The number of ether oxygens (including phenoxy) is 1. The molecule has 1 amide bonds. The smallest absolute Gasteiger partial charge is 0.237 e. The Morgan fingerprint density at radius 2 is 2.40 bits per heavy atom. The van der Waals surface area contributed by atoms with E-state index >= 15 is 0 Å². The largest absolute Gasteiger partial charge is 0.376 e. The summed E-state index contributed by atoms with van der Waals surface area (Å²) in [7, 11) is 0. The van der Waals surface area contributed by atoms with Crippen molar-refractivity contribution in [1.29, 1.82) is 0 Å². The molecule has 3 N–H and O–H groups in total. The quantitative estimate of drug-likeness (QED) is 0.711. The molecule has 1 fully saturated rings. The lowest BCUT2D eigenvalue weighted by molar-refractivity contribution is -0.123. The molecule has 1 aliphatic heterocycles. The Morgan fingerprint density at radius 1 is 1.60 bits per heavy atom. The molecule has 0 saturated carbocycles. The summed E-state index contributed by atoms with van der Waals surface area (Å²) in [6.45, 7) is 3.45. The molecular weight excluding hydrogens is 192 g/mol. The first-order valence-corrected chi connectivity index (χ1v) is 5.89. The van der Waals surface area contributed by atoms with Crippen molar-refractivity contribution in [3.05, 3.63) is 0 Å². The summed E-state index contributed by atoms with van der Waals surface area (Å²) in [5.41, 5.74) is 5.69. The molecule has 4 nitrogen and oxygen atoms in total. The van der Waals surface area contributed by atoms with Crippen molar-refractivity contribution >= 4 is 5.91 Å². The van der Waals surface area contributed by atoms with Gasteiger partial charge in [-0.25, -0.2) is 0 Å². The van der Waals surface area contributed by atoms with E-state index in [0.29, 0.717) is 6.54 Å². The van der Waals surface area contributed by atoms with Gasteiger partial charge in [0.15, 0.2) is 0 Å². The summed E-state index contributed by atoms with van der Waals surface area (Å²) >= 11 is 0. The van der Waals surface area contributed by atoms with Crippen LogP contribution in [0.15, 0.2) is 0 Å². The van der Waals surface area contributed by atoms with E-state index < -0.39 is 0 Å². The Hall–Kier alpha value is -0.610. The van der Waals surface area contributed by atoms with Gasteiger partial charge in [-0.2, -0.15) is 0 Å². The van der Waals surface area contributed by atoms with Crippen molar-refractivity contribution in [2.24, 2.45) is 5.73 Å². The van der Waals surface area contributed by atoms with E-state index in [1.165, 1.54) is 6.42 Å². The van der Waals surface area contributed by atoms with Crippen LogP contribution in [0.4, 0.5) is 0 Å². The first-order chi connectivity index (χ1) is 7.24. The van der Waals surface area contributed by atoms with Gasteiger partial charge in [0, 0.05) is 13.2 Å². The summed E-state index contributed by atoms with van der Waals surface area (Å²) in [6.07, 6.45) is 5.26. The lowest BCUT2D eigenvalue weighted by atomic mass is 10.1. The van der Waals surface area contributed by atoms with Crippen LogP contribution in [0.25, 0.3) is 0 Å². The Labute approximate surface area is 91.5 Å². The van der Waals surface area contributed by atoms with Gasteiger partial charge in [0.1, 0.15) is 0 Å². The Bertz CT molecular complexity index is 191. The van der Waals surface area contributed by atoms with Crippen molar-refractivity contribution < 1.29 is 9.53 Å². The van der Waals surface area contributed by atoms with E-state index in [4.69, 9.17) is 10.5 Å². The molecule has 15 heavy (non-hydrogen) atoms. The van der Waals surface area contributed by atoms with Crippen LogP contribution in [0.3, 0.4) is 0 Å². The molecule has 4 heteroatoms. The van der Waals surface area contributed by atoms with Crippen LogP contribution in [0.5, 0.6) is 0 Å². The molecule has 1 heterocycles. The highest BCUT2D eigenvalue weighted by Crippen LogP contribution is 2.11. The monoisotopic (exact) mass is 214 g/mol. The van der Waals surface area contributed by atoms with Crippen LogP contribution in [0.1, 0.15) is 39.0 Å². The van der Waals surface area contributed by atoms with Crippen LogP contribution >= 0.6 is 0 Å². The van der Waals surface area contributed by atoms with Gasteiger partial charge in [0.05, 0.1) is 12.1 Å². The minimum atomic E-state index is -0.362. The normalized spacial score (nSPS) is 23.5. The van der Waals surface area contributed by atoms with E-state index in [-0.39, 0.29) is 18.1 Å². The number of carbonyl (C=O) groups is 1. The summed E-state index contributed by atoms with van der Waals surface area (Å²) in [5, 5.41) is 2.85. The average molecular weight is 214 g/mol. The third kappa shape index (κ3) is 4.62. The number of rotatable bonds is 5. The van der Waals surface area contributed by atoms with Crippen LogP contribution in [0, 0.1) is 0 Å². The van der Waals surface area contributed by atoms with Crippen LogP contribution in [-0.4, -0.2) is 31.2 Å². The van der Waals surface area contributed by atoms with Crippen molar-refractivity contribution in [2.45, 2.75) is 51.2 Å². The van der Waals surface area contributed by atoms with E-state index in [2.05, 4.69) is 5.32 Å². The zero-order valence-electron chi connectivity index (χ0n) is 9.50. The lowest BCUT2D eigenvalue weighted by Gasteiger charge is -2.23. The highest BCUT2D eigenvalue weighted by molar-refractivity contribution is 5.81. The standard InChI is InChI=1S/C11H22N2O2/c1-2-5-10(12)11(14)13-8-9-6-3-4-7-15-9/h9-10H,2-8,12H2,1H3,(H,13,14). The predicted octanol–water partition coefficient (Wildman–Crippen LogP) is 0.799. The molecule has 0 bridgehead atoms. The third-order valence-electron chi connectivity index (χ3n) is 2.71. The molecular formula is C11H22N2O2. The molecule has 0 aliphatic carbocycles. The van der Waals surface area contributed by atoms with Gasteiger partial charge in [0.2, 0.25) is 5.91 Å². The summed E-state index contributed by atoms with van der Waals surface area (Å²) in [4.78, 5) is 11.5. The number of nitrogens with two attached hydrogens (primary N) is 1. The zero-order valence-corrected chi connectivity index (χ0v) is 9.50. The second kappa shape index (κ2) is 6.80. The van der Waals surface area contributed by atoms with Crippen molar-refractivity contribution in [1.82, 2.24) is 5.32 Å². The number of nitrogens with one attached hydrogen (secondary N) is 1. The fraction of sp³-hybridized carbons (Fsp3) is 0.909. The van der Waals surface area contributed by atoms with Crippen LogP contribution in [0.2, 0.25) is 0 Å². The van der Waals surface area contributed by atoms with Gasteiger partial charge in [0.25, 0.3) is 0 Å². The molecule has 2 unspecified atom stereocenters. The first kappa shape index (κ1) is 12.5. The molecule has 0 aromatic carbocycles. The lowest BCUT2D eigenvalue weighted by Crippen LogP contribution is -2.44. The zero-order chi connectivity index (χ0) is 11.1. The van der Waals surface area contributed by atoms with Gasteiger partial charge in [-0.3, -0.25) is 4.79 Å². The number of amides is 1. The molecule has 0 spiro atoms. The van der Waals surface area contributed by atoms with E-state index in [1.54, 1.807) is 0 Å². The maximum absolute atomic E-state index is 11.5. The van der Waals surface area contributed by atoms with Crippen molar-refractivity contribution in [3.8, 4) is 0 Å². The van der Waals surface area contributed by atoms with Gasteiger partial charge >= 0.3 is 0 Å². The molecule has 0 aromatic heterocycles. The van der Waals surface area contributed by atoms with E-state index in [9.17, 15) is 4.79 Å². The van der Waals surface area contributed by atoms with E-state index in [1.807, 2.05) is 6.92 Å². The number of hydrogen-bond donors (Lipinski definition) is 2. The summed E-state index contributed by atoms with van der Waals surface area (Å²) < 4.78 is 5.51. The third-order valence-corrected chi connectivity index (χ3v) is 2.71. The van der Waals surface area contributed by atoms with Gasteiger partial charge in [-0.1, -0.05) is 13.3 Å². The fourth-order valence-electron chi connectivity index (χ4n) is 1.76. The number of hydrogen-bond acceptors (Lipinski definition) is 3. The fourth-order valence-corrected chi connectivity index (χ4v) is 1.76. The molecule has 1 rings (SSSR count). The minimum absolute atomic E-state index is 0.0500. The molecule has 1 saturated heterocycles. The molecule has 0 radical (unpaired) electrons. The van der Waals surface area contributed by atoms with Crippen LogP contribution < -0.4 is 11.1 Å². The molecule has 2 atom stereocenters. The predicted molar refractivity (Wildman–Crippen MR) is 59.5 cm³/mol. The highest BCUT2D eigenvalue weighted by Gasteiger charge is 2.17. The average Bonchev–Trinajstić information content (AvgIpc) is 2.27. The second-order valence-corrected chi connectivity index (χ2v) is 4.13. The SMILES string of the molecule is CCCC(N)C(=O)NCC1CCCCO1. The van der Waals surface area contributed by atoms with Crippen LogP contribution in [-0.2, 0) is 9.53 Å². The molecule has 88 valence electrons. The Kier molecular flexibility index (Phi) is 5.65. The van der Waals surface area contributed by atoms with Crippen molar-refractivity contribution in [3.63, 3.8) is 0 Å². The Morgan fingerprint density at radius 3 is 3.00 bits per heavy atom. The summed E-state index contributed by atoms with van der Waals surface area (Å²) in [5.74, 6) is -0.0500. The van der Waals surface area contributed by atoms with Gasteiger partial charge < -0.3 is 15.8 Å². The first-order valence-electron chi connectivity index (χ1n) is 5.89. The number of carbonyl (C=O) groups excluding carboxylic acids is 1. The minimum Gasteiger partial charge on any atom is -0.376 e. The molecule has 0 aromatic rings. The highest BCUT2D eigenvalue weighted by atomic mass is 16.5. The molecule has 1 aliphatic rings. The topological polar surface area (TPSA) is 64.4 Å².